The Bertz CT molecular complexity index is 963. The first-order chi connectivity index (χ1) is 16.6. The van der Waals surface area contributed by atoms with E-state index in [-0.39, 0.29) is 18.0 Å². The fourth-order valence-corrected chi connectivity index (χ4v) is 6.91. The van der Waals surface area contributed by atoms with Crippen LogP contribution in [0, 0.1) is 5.92 Å². The van der Waals surface area contributed by atoms with E-state index in [1.807, 2.05) is 11.8 Å². The molecule has 34 heavy (non-hydrogen) atoms. The molecule has 2 bridgehead atoms. The SMILES string of the molecule is O=C(C[N+]12CCC(CC1)[C@H](OC(=O)CCN1CCSC(c3ccccc3)C1)C2)Nc1ccon1. The fourth-order valence-electron chi connectivity index (χ4n) is 5.59. The van der Waals surface area contributed by atoms with Crippen LogP contribution in [0.25, 0.3) is 0 Å². The number of hydrogen-bond acceptors (Lipinski definition) is 7. The van der Waals surface area contributed by atoms with Gasteiger partial charge in [-0.05, 0) is 5.56 Å². The van der Waals surface area contributed by atoms with E-state index in [0.717, 1.165) is 57.9 Å². The Balaban J connectivity index is 1.10. The number of carbonyl (C=O) groups excluding carboxylic acids is 2. The number of quaternary nitrogens is 1. The van der Waals surface area contributed by atoms with E-state index in [9.17, 15) is 9.59 Å². The number of thioether (sulfide) groups is 1. The van der Waals surface area contributed by atoms with Crippen LogP contribution in [-0.2, 0) is 14.3 Å². The first kappa shape index (κ1) is 23.4. The lowest BCUT2D eigenvalue weighted by atomic mass is 9.83. The molecule has 1 unspecified atom stereocenters. The second-order valence-electron chi connectivity index (χ2n) is 9.75. The lowest BCUT2D eigenvalue weighted by Gasteiger charge is -2.51. The number of nitrogens with one attached hydrogen (secondary N) is 1. The van der Waals surface area contributed by atoms with Crippen molar-refractivity contribution in [3.05, 3.63) is 48.2 Å². The third-order valence-electron chi connectivity index (χ3n) is 7.46. The quantitative estimate of drug-likeness (QED) is 0.455. The molecule has 2 atom stereocenters. The van der Waals surface area contributed by atoms with Crippen LogP contribution in [0.15, 0.2) is 47.2 Å². The van der Waals surface area contributed by atoms with Gasteiger partial charge in [0.1, 0.15) is 12.8 Å². The Morgan fingerprint density at radius 1 is 1.21 bits per heavy atom. The minimum atomic E-state index is -0.113. The van der Waals surface area contributed by atoms with Gasteiger partial charge in [0.2, 0.25) is 0 Å². The number of piperidine rings is 3. The third-order valence-corrected chi connectivity index (χ3v) is 8.70. The first-order valence-corrected chi connectivity index (χ1v) is 13.3. The van der Waals surface area contributed by atoms with Crippen molar-refractivity contribution < 1.29 is 23.3 Å². The maximum atomic E-state index is 12.8. The molecule has 4 aliphatic rings. The molecule has 9 heteroatoms. The zero-order valence-corrected chi connectivity index (χ0v) is 20.3. The van der Waals surface area contributed by atoms with Gasteiger partial charge in [-0.3, -0.25) is 9.59 Å². The number of amides is 1. The minimum absolute atomic E-state index is 0.0738. The molecule has 8 nitrogen and oxygen atoms in total. The van der Waals surface area contributed by atoms with Crippen LogP contribution in [-0.4, -0.2) is 84.1 Å². The molecule has 4 aliphatic heterocycles. The average Bonchev–Trinajstić information content (AvgIpc) is 3.37. The van der Waals surface area contributed by atoms with Gasteiger partial charge < -0.3 is 24.0 Å². The molecule has 2 aromatic rings. The van der Waals surface area contributed by atoms with Crippen LogP contribution in [0.1, 0.15) is 30.1 Å². The molecule has 1 aromatic heterocycles. The maximum absolute atomic E-state index is 12.8. The normalized spacial score (nSPS) is 29.0. The molecule has 0 radical (unpaired) electrons. The van der Waals surface area contributed by atoms with Crippen molar-refractivity contribution in [2.75, 3.05) is 56.9 Å². The number of nitrogens with zero attached hydrogens (tertiary/aromatic N) is 3. The summed E-state index contributed by atoms with van der Waals surface area (Å²) in [7, 11) is 0. The zero-order valence-electron chi connectivity index (χ0n) is 19.4. The Kier molecular flexibility index (Phi) is 7.22. The number of carbonyl (C=O) groups is 2. The molecule has 1 N–H and O–H groups in total. The summed E-state index contributed by atoms with van der Waals surface area (Å²) in [6, 6.07) is 12.2. The highest BCUT2D eigenvalue weighted by atomic mass is 32.2. The minimum Gasteiger partial charge on any atom is -0.456 e. The molecule has 182 valence electrons. The zero-order chi connectivity index (χ0) is 23.4. The molecule has 1 amide bonds. The molecule has 4 saturated heterocycles. The Labute approximate surface area is 204 Å². The lowest BCUT2D eigenvalue weighted by Crippen LogP contribution is -2.66. The fraction of sp³-hybridized carbons (Fsp3) is 0.560. The molecule has 4 fully saturated rings. The van der Waals surface area contributed by atoms with Crippen LogP contribution < -0.4 is 5.32 Å². The Hall–Kier alpha value is -2.36. The second-order valence-corrected chi connectivity index (χ2v) is 11.1. The molecule has 6 rings (SSSR count). The third kappa shape index (κ3) is 5.64. The summed E-state index contributed by atoms with van der Waals surface area (Å²) in [4.78, 5) is 27.7. The average molecular weight is 486 g/mol. The van der Waals surface area contributed by atoms with Crippen molar-refractivity contribution in [1.82, 2.24) is 10.1 Å². The van der Waals surface area contributed by atoms with Gasteiger partial charge in [-0.15, -0.1) is 0 Å². The van der Waals surface area contributed by atoms with E-state index in [0.29, 0.717) is 34.4 Å². The summed E-state index contributed by atoms with van der Waals surface area (Å²) in [6.45, 7) is 5.72. The van der Waals surface area contributed by atoms with Crippen LogP contribution >= 0.6 is 11.8 Å². The summed E-state index contributed by atoms with van der Waals surface area (Å²) in [6.07, 6.45) is 3.76. The number of rotatable bonds is 8. The van der Waals surface area contributed by atoms with Gasteiger partial charge in [0.25, 0.3) is 5.91 Å². The Morgan fingerprint density at radius 3 is 2.79 bits per heavy atom. The van der Waals surface area contributed by atoms with Crippen LogP contribution in [0.5, 0.6) is 0 Å². The molecule has 0 saturated carbocycles. The number of fused-ring (bicyclic) bond motifs is 3. The van der Waals surface area contributed by atoms with Crippen LogP contribution in [0.4, 0.5) is 5.82 Å². The van der Waals surface area contributed by atoms with Crippen molar-refractivity contribution in [3.8, 4) is 0 Å². The second kappa shape index (κ2) is 10.5. The molecular weight excluding hydrogens is 452 g/mol. The van der Waals surface area contributed by atoms with Crippen LogP contribution in [0.2, 0.25) is 0 Å². The van der Waals surface area contributed by atoms with Gasteiger partial charge >= 0.3 is 5.97 Å². The molecule has 0 spiro atoms. The van der Waals surface area contributed by atoms with Crippen LogP contribution in [0.3, 0.4) is 0 Å². The maximum Gasteiger partial charge on any atom is 0.307 e. The molecular formula is C25H33N4O4S+. The highest BCUT2D eigenvalue weighted by Gasteiger charge is 2.48. The van der Waals surface area contributed by atoms with Crippen molar-refractivity contribution in [3.63, 3.8) is 0 Å². The van der Waals surface area contributed by atoms with E-state index in [1.165, 1.54) is 11.8 Å². The topological polar surface area (TPSA) is 84.7 Å². The van der Waals surface area contributed by atoms with Gasteiger partial charge in [0.15, 0.2) is 18.5 Å². The van der Waals surface area contributed by atoms with Gasteiger partial charge in [0, 0.05) is 55.5 Å². The van der Waals surface area contributed by atoms with Crippen molar-refractivity contribution in [2.45, 2.75) is 30.6 Å². The van der Waals surface area contributed by atoms with Crippen molar-refractivity contribution in [1.29, 1.82) is 0 Å². The van der Waals surface area contributed by atoms with E-state index in [2.05, 4.69) is 45.7 Å². The number of benzene rings is 1. The highest BCUT2D eigenvalue weighted by Crippen LogP contribution is 2.36. The monoisotopic (exact) mass is 485 g/mol. The molecule has 5 heterocycles. The predicted octanol–water partition coefficient (Wildman–Crippen LogP) is 2.95. The molecule has 1 aromatic carbocycles. The number of ether oxygens (including phenoxy) is 1. The van der Waals surface area contributed by atoms with E-state index >= 15 is 0 Å². The van der Waals surface area contributed by atoms with E-state index < -0.39 is 0 Å². The summed E-state index contributed by atoms with van der Waals surface area (Å²) in [5.74, 6) is 1.74. The highest BCUT2D eigenvalue weighted by molar-refractivity contribution is 7.99. The number of aromatic nitrogens is 1. The van der Waals surface area contributed by atoms with Crippen molar-refractivity contribution >= 4 is 29.5 Å². The first-order valence-electron chi connectivity index (χ1n) is 12.2. The van der Waals surface area contributed by atoms with Gasteiger partial charge in [-0.25, -0.2) is 0 Å². The lowest BCUT2D eigenvalue weighted by molar-refractivity contribution is -0.938. The number of hydrogen-bond donors (Lipinski definition) is 1. The molecule has 0 aliphatic carbocycles. The van der Waals surface area contributed by atoms with E-state index in [4.69, 9.17) is 9.26 Å². The summed E-state index contributed by atoms with van der Waals surface area (Å²) >= 11 is 1.99. The summed E-state index contributed by atoms with van der Waals surface area (Å²) in [5.41, 5.74) is 1.36. The number of anilines is 1. The standard InChI is InChI=1S/C25H32N4O4S/c30-24(26-23-9-14-32-27-23)18-29-12-7-19(8-13-29)21(17-29)33-25(31)6-10-28-11-15-34-22(16-28)20-4-2-1-3-5-20/h1-5,9,14,19,21-22H,6-8,10-13,15-18H2/p+1/t19?,21-,22?,29?/m1/s1. The van der Waals surface area contributed by atoms with Gasteiger partial charge in [0.05, 0.1) is 19.5 Å². The Morgan fingerprint density at radius 2 is 2.03 bits per heavy atom. The summed E-state index contributed by atoms with van der Waals surface area (Å²) in [5, 5.41) is 7.01. The van der Waals surface area contributed by atoms with Gasteiger partial charge in [-0.2, -0.15) is 11.8 Å². The van der Waals surface area contributed by atoms with E-state index in [1.54, 1.807) is 6.07 Å². The largest absolute Gasteiger partial charge is 0.456 e. The number of esters is 1. The van der Waals surface area contributed by atoms with Gasteiger partial charge in [-0.1, -0.05) is 35.5 Å². The van der Waals surface area contributed by atoms with Crippen molar-refractivity contribution in [2.24, 2.45) is 5.92 Å². The smallest absolute Gasteiger partial charge is 0.307 e. The predicted molar refractivity (Wildman–Crippen MR) is 130 cm³/mol. The summed E-state index contributed by atoms with van der Waals surface area (Å²) < 4.78 is 11.5.